The van der Waals surface area contributed by atoms with Gasteiger partial charge in [-0.1, -0.05) is 18.2 Å². The van der Waals surface area contributed by atoms with Crippen LogP contribution >= 0.6 is 22.6 Å². The molecule has 130 valence electrons. The number of aryl methyl sites for hydroxylation is 2. The van der Waals surface area contributed by atoms with Gasteiger partial charge >= 0.3 is 0 Å². The van der Waals surface area contributed by atoms with Crippen molar-refractivity contribution in [1.29, 1.82) is 0 Å². The van der Waals surface area contributed by atoms with E-state index in [0.29, 0.717) is 12.1 Å². The number of amides is 1. The summed E-state index contributed by atoms with van der Waals surface area (Å²) in [5.41, 5.74) is 1.45. The van der Waals surface area contributed by atoms with Crippen LogP contribution in [0.2, 0.25) is 0 Å². The van der Waals surface area contributed by atoms with Crippen molar-refractivity contribution < 1.29 is 9.18 Å². The Labute approximate surface area is 157 Å². The summed E-state index contributed by atoms with van der Waals surface area (Å²) in [5.74, 6) is -0.299. The molecular weight excluding hydrogens is 438 g/mol. The predicted octanol–water partition coefficient (Wildman–Crippen LogP) is 2.60. The minimum absolute atomic E-state index is 0.201. The van der Waals surface area contributed by atoms with E-state index in [1.165, 1.54) is 17.1 Å². The summed E-state index contributed by atoms with van der Waals surface area (Å²) in [7, 11) is 0. The fourth-order valence-corrected chi connectivity index (χ4v) is 2.67. The fourth-order valence-electron chi connectivity index (χ4n) is 2.24. The number of halogens is 2. The van der Waals surface area contributed by atoms with Crippen molar-refractivity contribution in [3.63, 3.8) is 0 Å². The van der Waals surface area contributed by atoms with Crippen molar-refractivity contribution in [1.82, 2.24) is 24.5 Å². The van der Waals surface area contributed by atoms with Gasteiger partial charge in [0.05, 0.1) is 15.8 Å². The molecule has 25 heavy (non-hydrogen) atoms. The standard InChI is InChI=1S/C16H16FIN6O/c1-11-14(18)9-23(21-11)7-6-15(25)20-16-19-10-24(22-16)8-12-4-2-3-5-13(12)17/h2-5,9-10H,6-8H2,1H3,(H,20,22,25). The number of carbonyl (C=O) groups excluding carboxylic acids is 1. The summed E-state index contributed by atoms with van der Waals surface area (Å²) in [6, 6.07) is 6.47. The van der Waals surface area contributed by atoms with Gasteiger partial charge in [0.25, 0.3) is 0 Å². The fraction of sp³-hybridized carbons (Fsp3) is 0.250. The monoisotopic (exact) mass is 454 g/mol. The molecule has 0 bridgehead atoms. The van der Waals surface area contributed by atoms with Crippen LogP contribution in [0.25, 0.3) is 0 Å². The number of anilines is 1. The summed E-state index contributed by atoms with van der Waals surface area (Å²) < 4.78 is 17.9. The van der Waals surface area contributed by atoms with Gasteiger partial charge in [0.2, 0.25) is 11.9 Å². The van der Waals surface area contributed by atoms with E-state index < -0.39 is 0 Å². The third-order valence-electron chi connectivity index (χ3n) is 3.53. The molecule has 1 aromatic carbocycles. The van der Waals surface area contributed by atoms with Crippen LogP contribution in [0.1, 0.15) is 17.7 Å². The van der Waals surface area contributed by atoms with Crippen molar-refractivity contribution in [2.24, 2.45) is 0 Å². The number of aromatic nitrogens is 5. The van der Waals surface area contributed by atoms with Crippen molar-refractivity contribution >= 4 is 34.4 Å². The predicted molar refractivity (Wildman–Crippen MR) is 98.5 cm³/mol. The minimum atomic E-state index is -0.298. The molecule has 0 aliphatic heterocycles. The SMILES string of the molecule is Cc1nn(CCC(=O)Nc2ncn(Cc3ccccc3F)n2)cc1I. The van der Waals surface area contributed by atoms with Gasteiger partial charge in [-0.05, 0) is 35.6 Å². The molecular formula is C16H16FIN6O. The Bertz CT molecular complexity index is 871. The second-order valence-electron chi connectivity index (χ2n) is 5.48. The third kappa shape index (κ3) is 4.62. The van der Waals surface area contributed by atoms with Gasteiger partial charge in [0, 0.05) is 24.7 Å². The van der Waals surface area contributed by atoms with E-state index in [2.05, 4.69) is 43.1 Å². The maximum absolute atomic E-state index is 13.6. The molecule has 2 heterocycles. The molecule has 0 aliphatic carbocycles. The Morgan fingerprint density at radius 3 is 2.80 bits per heavy atom. The van der Waals surface area contributed by atoms with Gasteiger partial charge in [-0.25, -0.2) is 14.1 Å². The van der Waals surface area contributed by atoms with Crippen molar-refractivity contribution in [2.45, 2.75) is 26.4 Å². The molecule has 1 N–H and O–H groups in total. The van der Waals surface area contributed by atoms with Crippen LogP contribution < -0.4 is 5.32 Å². The second-order valence-corrected chi connectivity index (χ2v) is 6.64. The zero-order valence-corrected chi connectivity index (χ0v) is 15.6. The average Bonchev–Trinajstić information content (AvgIpc) is 3.14. The third-order valence-corrected chi connectivity index (χ3v) is 4.59. The van der Waals surface area contributed by atoms with Crippen molar-refractivity contribution in [3.8, 4) is 0 Å². The van der Waals surface area contributed by atoms with Crippen LogP contribution in [-0.4, -0.2) is 30.5 Å². The Morgan fingerprint density at radius 2 is 2.08 bits per heavy atom. The highest BCUT2D eigenvalue weighted by Crippen LogP contribution is 2.10. The van der Waals surface area contributed by atoms with Crippen LogP contribution in [-0.2, 0) is 17.9 Å². The van der Waals surface area contributed by atoms with Gasteiger partial charge in [-0.2, -0.15) is 5.10 Å². The zero-order chi connectivity index (χ0) is 17.8. The van der Waals surface area contributed by atoms with Crippen LogP contribution in [0.4, 0.5) is 10.3 Å². The highest BCUT2D eigenvalue weighted by molar-refractivity contribution is 14.1. The first-order chi connectivity index (χ1) is 12.0. The number of nitrogens with one attached hydrogen (secondary N) is 1. The minimum Gasteiger partial charge on any atom is -0.293 e. The van der Waals surface area contributed by atoms with E-state index in [0.717, 1.165) is 9.26 Å². The Hall–Kier alpha value is -2.30. The van der Waals surface area contributed by atoms with Crippen LogP contribution in [0, 0.1) is 16.3 Å². The van der Waals surface area contributed by atoms with Crippen LogP contribution in [0.3, 0.4) is 0 Å². The number of benzene rings is 1. The molecule has 7 nitrogen and oxygen atoms in total. The first-order valence-corrected chi connectivity index (χ1v) is 8.71. The van der Waals surface area contributed by atoms with Gasteiger partial charge in [-0.15, -0.1) is 5.10 Å². The second kappa shape index (κ2) is 7.72. The molecule has 0 saturated heterocycles. The normalized spacial score (nSPS) is 10.8. The molecule has 0 radical (unpaired) electrons. The lowest BCUT2D eigenvalue weighted by molar-refractivity contribution is -0.116. The highest BCUT2D eigenvalue weighted by atomic mass is 127. The van der Waals surface area contributed by atoms with E-state index in [1.807, 2.05) is 13.1 Å². The molecule has 0 unspecified atom stereocenters. The van der Waals surface area contributed by atoms with E-state index in [4.69, 9.17) is 0 Å². The lowest BCUT2D eigenvalue weighted by Gasteiger charge is -2.03. The molecule has 1 amide bonds. The molecule has 0 atom stereocenters. The highest BCUT2D eigenvalue weighted by Gasteiger charge is 2.09. The molecule has 3 rings (SSSR count). The number of carbonyl (C=O) groups is 1. The van der Waals surface area contributed by atoms with E-state index in [9.17, 15) is 9.18 Å². The quantitative estimate of drug-likeness (QED) is 0.581. The lowest BCUT2D eigenvalue weighted by Crippen LogP contribution is -2.16. The van der Waals surface area contributed by atoms with Gasteiger partial charge < -0.3 is 0 Å². The summed E-state index contributed by atoms with van der Waals surface area (Å²) >= 11 is 2.20. The first kappa shape index (κ1) is 17.5. The number of hydrogen-bond acceptors (Lipinski definition) is 4. The average molecular weight is 454 g/mol. The summed E-state index contributed by atoms with van der Waals surface area (Å²) in [6.45, 7) is 2.65. The Kier molecular flexibility index (Phi) is 5.41. The van der Waals surface area contributed by atoms with Gasteiger partial charge in [0.15, 0.2) is 0 Å². The van der Waals surface area contributed by atoms with Crippen LogP contribution in [0.15, 0.2) is 36.8 Å². The number of rotatable bonds is 6. The van der Waals surface area contributed by atoms with E-state index in [1.54, 1.807) is 22.9 Å². The number of hydrogen-bond donors (Lipinski definition) is 1. The smallest absolute Gasteiger partial charge is 0.248 e. The first-order valence-electron chi connectivity index (χ1n) is 7.63. The molecule has 0 aliphatic rings. The Morgan fingerprint density at radius 1 is 1.28 bits per heavy atom. The van der Waals surface area contributed by atoms with Crippen molar-refractivity contribution in [2.75, 3.05) is 5.32 Å². The molecule has 9 heteroatoms. The molecule has 0 saturated carbocycles. The maximum atomic E-state index is 13.6. The maximum Gasteiger partial charge on any atom is 0.248 e. The van der Waals surface area contributed by atoms with E-state index in [-0.39, 0.29) is 30.6 Å². The Balaban J connectivity index is 1.54. The molecule has 0 spiro atoms. The molecule has 2 aromatic heterocycles. The summed E-state index contributed by atoms with van der Waals surface area (Å²) in [4.78, 5) is 16.0. The zero-order valence-electron chi connectivity index (χ0n) is 13.5. The molecule has 3 aromatic rings. The molecule has 0 fully saturated rings. The van der Waals surface area contributed by atoms with Gasteiger partial charge in [-0.3, -0.25) is 14.8 Å². The van der Waals surface area contributed by atoms with Crippen molar-refractivity contribution in [3.05, 3.63) is 57.4 Å². The largest absolute Gasteiger partial charge is 0.293 e. The van der Waals surface area contributed by atoms with E-state index >= 15 is 0 Å². The topological polar surface area (TPSA) is 77.6 Å². The van der Waals surface area contributed by atoms with Crippen LogP contribution in [0.5, 0.6) is 0 Å². The summed E-state index contributed by atoms with van der Waals surface area (Å²) in [6.07, 6.45) is 3.62. The lowest BCUT2D eigenvalue weighted by atomic mass is 10.2. The number of nitrogens with zero attached hydrogens (tertiary/aromatic N) is 5. The summed E-state index contributed by atoms with van der Waals surface area (Å²) in [5, 5.41) is 11.1. The van der Waals surface area contributed by atoms with Gasteiger partial charge in [0.1, 0.15) is 12.1 Å².